The smallest absolute Gasteiger partial charge is 0.440 e. The molecule has 0 atom stereocenters. The van der Waals surface area contributed by atoms with Crippen LogP contribution >= 0.6 is 0 Å². The van der Waals surface area contributed by atoms with Crippen molar-refractivity contribution in [1.29, 1.82) is 0 Å². The van der Waals surface area contributed by atoms with Crippen LogP contribution in [0.25, 0.3) is 39.4 Å². The van der Waals surface area contributed by atoms with E-state index in [0.29, 0.717) is 12.8 Å². The molecule has 0 aliphatic rings. The van der Waals surface area contributed by atoms with E-state index in [4.69, 9.17) is 4.42 Å². The molecule has 0 bridgehead atoms. The summed E-state index contributed by atoms with van der Waals surface area (Å²) in [4.78, 5) is 7.79. The standard InChI is InChI=1S/C32H26F7N3O5S/c1-4-5-28-41-29(30(46-28)18-6-9-21(10-7-18)47-32(37,38)39)22-12-19(20-13-24(33)23(16-43)26(14-20)48(3,44)45)8-11-25(22)42-15-27(31(34,35)36)40-17(42)2/h6-15,43H,4-5,16H2,1-3H3. The molecule has 1 N–H and O–H groups in total. The highest BCUT2D eigenvalue weighted by atomic mass is 32.2. The molecule has 0 saturated heterocycles. The lowest BCUT2D eigenvalue weighted by Crippen LogP contribution is -2.16. The second-order valence-corrected chi connectivity index (χ2v) is 12.7. The van der Waals surface area contributed by atoms with Gasteiger partial charge in [-0.15, -0.1) is 13.2 Å². The minimum absolute atomic E-state index is 0.0542. The number of oxazole rings is 1. The minimum Gasteiger partial charge on any atom is -0.440 e. The number of aromatic nitrogens is 3. The largest absolute Gasteiger partial charge is 0.573 e. The van der Waals surface area contributed by atoms with Gasteiger partial charge >= 0.3 is 12.5 Å². The molecule has 0 saturated carbocycles. The number of alkyl halides is 6. The summed E-state index contributed by atoms with van der Waals surface area (Å²) in [5.74, 6) is -1.29. The van der Waals surface area contributed by atoms with E-state index in [2.05, 4.69) is 14.7 Å². The topological polar surface area (TPSA) is 107 Å². The second-order valence-electron chi connectivity index (χ2n) is 10.7. The van der Waals surface area contributed by atoms with Crippen LogP contribution in [0.5, 0.6) is 5.75 Å². The van der Waals surface area contributed by atoms with E-state index in [-0.39, 0.29) is 51.1 Å². The van der Waals surface area contributed by atoms with Crippen molar-refractivity contribution >= 4 is 9.84 Å². The third kappa shape index (κ3) is 7.23. The van der Waals surface area contributed by atoms with Crippen LogP contribution in [0.4, 0.5) is 30.7 Å². The van der Waals surface area contributed by atoms with E-state index >= 15 is 4.39 Å². The highest BCUT2D eigenvalue weighted by Crippen LogP contribution is 2.41. The molecule has 0 aliphatic heterocycles. The van der Waals surface area contributed by atoms with Crippen LogP contribution in [0, 0.1) is 12.7 Å². The third-order valence-corrected chi connectivity index (χ3v) is 8.38. The van der Waals surface area contributed by atoms with Gasteiger partial charge in [0, 0.05) is 35.6 Å². The molecule has 0 aliphatic carbocycles. The highest BCUT2D eigenvalue weighted by Gasteiger charge is 2.35. The SMILES string of the molecule is CCCc1nc(-c2cc(-c3cc(F)c(CO)c(S(C)(=O)=O)c3)ccc2-n2cc(C(F)(F)F)nc2C)c(-c2ccc(OC(F)(F)F)cc2)o1. The number of hydrogen-bond donors (Lipinski definition) is 1. The molecule has 3 aromatic carbocycles. The second kappa shape index (κ2) is 12.7. The van der Waals surface area contributed by atoms with Crippen LogP contribution < -0.4 is 4.74 Å². The summed E-state index contributed by atoms with van der Waals surface area (Å²) >= 11 is 0. The number of aliphatic hydroxyl groups excluding tert-OH is 1. The van der Waals surface area contributed by atoms with Crippen LogP contribution in [-0.4, -0.2) is 40.7 Å². The number of hydrogen-bond acceptors (Lipinski definition) is 7. The summed E-state index contributed by atoms with van der Waals surface area (Å²) in [6.07, 6.45) is -7.19. The zero-order valence-corrected chi connectivity index (χ0v) is 26.2. The average molecular weight is 698 g/mol. The monoisotopic (exact) mass is 697 g/mol. The molecule has 0 spiro atoms. The van der Waals surface area contributed by atoms with Gasteiger partial charge in [0.25, 0.3) is 0 Å². The van der Waals surface area contributed by atoms with E-state index in [9.17, 15) is 39.9 Å². The number of aliphatic hydroxyl groups is 1. The summed E-state index contributed by atoms with van der Waals surface area (Å²) in [6, 6.07) is 11.1. The van der Waals surface area contributed by atoms with Gasteiger partial charge in [-0.3, -0.25) is 0 Å². The van der Waals surface area contributed by atoms with Gasteiger partial charge in [-0.2, -0.15) is 13.2 Å². The molecule has 2 aromatic heterocycles. The van der Waals surface area contributed by atoms with E-state index in [1.807, 2.05) is 6.92 Å². The Morgan fingerprint density at radius 2 is 1.60 bits per heavy atom. The molecular formula is C32H26F7N3O5S. The Bertz CT molecular complexity index is 2080. The van der Waals surface area contributed by atoms with Crippen molar-refractivity contribution in [2.24, 2.45) is 0 Å². The predicted molar refractivity (Wildman–Crippen MR) is 159 cm³/mol. The lowest BCUT2D eigenvalue weighted by atomic mass is 9.97. The number of imidazole rings is 1. The molecule has 0 radical (unpaired) electrons. The van der Waals surface area contributed by atoms with Crippen molar-refractivity contribution < 1.29 is 53.4 Å². The summed E-state index contributed by atoms with van der Waals surface area (Å²) in [6.45, 7) is 2.30. The highest BCUT2D eigenvalue weighted by molar-refractivity contribution is 7.90. The molecule has 0 unspecified atom stereocenters. The predicted octanol–water partition coefficient (Wildman–Crippen LogP) is 8.07. The van der Waals surface area contributed by atoms with Crippen molar-refractivity contribution in [1.82, 2.24) is 14.5 Å². The zero-order chi connectivity index (χ0) is 35.2. The Labute approximate surface area is 269 Å². The van der Waals surface area contributed by atoms with Gasteiger partial charge in [0.2, 0.25) is 0 Å². The van der Waals surface area contributed by atoms with Crippen molar-refractivity contribution in [2.75, 3.05) is 6.26 Å². The summed E-state index contributed by atoms with van der Waals surface area (Å²) in [7, 11) is -4.02. The van der Waals surface area contributed by atoms with Crippen LogP contribution in [0.1, 0.15) is 36.3 Å². The fourth-order valence-corrected chi connectivity index (χ4v) is 6.05. The fourth-order valence-electron chi connectivity index (χ4n) is 5.10. The number of halogens is 7. The van der Waals surface area contributed by atoms with Gasteiger partial charge in [-0.05, 0) is 73.0 Å². The number of aryl methyl sites for hydroxylation is 2. The first kappa shape index (κ1) is 34.6. The molecule has 5 aromatic rings. The quantitative estimate of drug-likeness (QED) is 0.155. The molecule has 8 nitrogen and oxygen atoms in total. The number of rotatable bonds is 9. The van der Waals surface area contributed by atoms with Crippen molar-refractivity contribution in [3.8, 4) is 45.1 Å². The molecule has 0 fully saturated rings. The maximum Gasteiger partial charge on any atom is 0.573 e. The Hall–Kier alpha value is -4.70. The Balaban J connectivity index is 1.78. The summed E-state index contributed by atoms with van der Waals surface area (Å²) < 4.78 is 131. The Morgan fingerprint density at radius 3 is 2.17 bits per heavy atom. The van der Waals surface area contributed by atoms with E-state index in [1.165, 1.54) is 43.3 Å². The van der Waals surface area contributed by atoms with Crippen LogP contribution in [0.15, 0.2) is 70.1 Å². The lowest BCUT2D eigenvalue weighted by Gasteiger charge is -2.15. The number of benzene rings is 3. The van der Waals surface area contributed by atoms with Gasteiger partial charge in [-0.1, -0.05) is 13.0 Å². The molecule has 254 valence electrons. The molecule has 5 rings (SSSR count). The Kier molecular flexibility index (Phi) is 9.18. The number of sulfone groups is 1. The van der Waals surface area contributed by atoms with Gasteiger partial charge in [0.15, 0.2) is 27.2 Å². The average Bonchev–Trinajstić information content (AvgIpc) is 3.59. The molecular weight excluding hydrogens is 671 g/mol. The van der Waals surface area contributed by atoms with Crippen molar-refractivity contribution in [3.63, 3.8) is 0 Å². The van der Waals surface area contributed by atoms with Crippen LogP contribution in [-0.2, 0) is 29.0 Å². The summed E-state index contributed by atoms with van der Waals surface area (Å²) in [5, 5.41) is 9.65. The van der Waals surface area contributed by atoms with Gasteiger partial charge in [-0.25, -0.2) is 22.8 Å². The van der Waals surface area contributed by atoms with Crippen molar-refractivity contribution in [3.05, 3.63) is 89.6 Å². The van der Waals surface area contributed by atoms with E-state index in [0.717, 1.165) is 35.2 Å². The maximum absolute atomic E-state index is 15.1. The zero-order valence-electron chi connectivity index (χ0n) is 25.4. The molecule has 48 heavy (non-hydrogen) atoms. The van der Waals surface area contributed by atoms with Gasteiger partial charge < -0.3 is 18.8 Å². The maximum atomic E-state index is 15.1. The first-order valence-electron chi connectivity index (χ1n) is 14.2. The normalized spacial score (nSPS) is 12.5. The molecule has 16 heteroatoms. The third-order valence-electron chi connectivity index (χ3n) is 7.21. The number of ether oxygens (including phenoxy) is 1. The lowest BCUT2D eigenvalue weighted by molar-refractivity contribution is -0.274. The van der Waals surface area contributed by atoms with Crippen LogP contribution in [0.2, 0.25) is 0 Å². The molecule has 0 amide bonds. The fraction of sp³-hybridized carbons (Fsp3) is 0.250. The molecule has 2 heterocycles. The van der Waals surface area contributed by atoms with Crippen LogP contribution in [0.3, 0.4) is 0 Å². The number of nitrogens with zero attached hydrogens (tertiary/aromatic N) is 3. The van der Waals surface area contributed by atoms with Crippen molar-refractivity contribution in [2.45, 2.75) is 50.7 Å². The van der Waals surface area contributed by atoms with E-state index < -0.39 is 56.7 Å². The Morgan fingerprint density at radius 1 is 0.938 bits per heavy atom. The van der Waals surface area contributed by atoms with Gasteiger partial charge in [0.05, 0.1) is 17.2 Å². The van der Waals surface area contributed by atoms with Gasteiger partial charge in [0.1, 0.15) is 23.1 Å². The summed E-state index contributed by atoms with van der Waals surface area (Å²) in [5.41, 5.74) is -0.733. The first-order chi connectivity index (χ1) is 22.4. The van der Waals surface area contributed by atoms with E-state index in [1.54, 1.807) is 0 Å². The minimum atomic E-state index is -4.94. The first-order valence-corrected chi connectivity index (χ1v) is 16.1.